The Labute approximate surface area is 167 Å². The molecule has 0 saturated carbocycles. The first kappa shape index (κ1) is 16.5. The predicted octanol–water partition coefficient (Wildman–Crippen LogP) is 4.43. The van der Waals surface area contributed by atoms with Gasteiger partial charge in [-0.1, -0.05) is 12.1 Å². The summed E-state index contributed by atoms with van der Waals surface area (Å²) in [5.41, 5.74) is 4.28. The lowest BCUT2D eigenvalue weighted by Crippen LogP contribution is -2.30. The van der Waals surface area contributed by atoms with Gasteiger partial charge in [0.1, 0.15) is 5.78 Å². The fraction of sp³-hybridized carbons (Fsp3) is 0.261. The van der Waals surface area contributed by atoms with E-state index in [1.807, 2.05) is 25.2 Å². The zero-order chi connectivity index (χ0) is 19.7. The van der Waals surface area contributed by atoms with Gasteiger partial charge in [0.25, 0.3) is 0 Å². The van der Waals surface area contributed by atoms with Crippen molar-refractivity contribution in [1.82, 2.24) is 0 Å². The van der Waals surface area contributed by atoms with Gasteiger partial charge >= 0.3 is 0 Å². The van der Waals surface area contributed by atoms with Crippen molar-refractivity contribution < 1.29 is 23.7 Å². The molecule has 146 valence electrons. The third kappa shape index (κ3) is 2.26. The first-order valence-electron chi connectivity index (χ1n) is 9.63. The van der Waals surface area contributed by atoms with Gasteiger partial charge in [-0.15, -0.1) is 0 Å². The largest absolute Gasteiger partial charge is 0.454 e. The molecule has 3 aliphatic heterocycles. The minimum atomic E-state index is -0.136. The summed E-state index contributed by atoms with van der Waals surface area (Å²) in [6, 6.07) is 12.2. The number of fused-ring (bicyclic) bond motifs is 8. The molecule has 0 bridgehead atoms. The Morgan fingerprint density at radius 3 is 2.52 bits per heavy atom. The van der Waals surface area contributed by atoms with E-state index < -0.39 is 0 Å². The standard InChI is InChI=1S/C23H19NO5/c1-12(25)7-17-21-14(5-6-18-23(21)29-11-26-18)15-4-3-13-8-19-20(28-10-27-19)9-16(13)22(15)24(17)2/h3-6,8-9,17H,7,10-11H2,1-2H3/t17-/m1/s1. The molecule has 0 saturated heterocycles. The number of hydrogen-bond donors (Lipinski definition) is 0. The summed E-state index contributed by atoms with van der Waals surface area (Å²) in [7, 11) is 2.04. The van der Waals surface area contributed by atoms with Crippen molar-refractivity contribution in [2.24, 2.45) is 0 Å². The first-order chi connectivity index (χ1) is 14.1. The van der Waals surface area contributed by atoms with E-state index in [4.69, 9.17) is 18.9 Å². The molecule has 6 nitrogen and oxygen atoms in total. The summed E-state index contributed by atoms with van der Waals surface area (Å²) in [5, 5.41) is 2.15. The van der Waals surface area contributed by atoms with Crippen molar-refractivity contribution in [2.45, 2.75) is 19.4 Å². The summed E-state index contributed by atoms with van der Waals surface area (Å²) >= 11 is 0. The molecule has 6 rings (SSSR count). The van der Waals surface area contributed by atoms with Gasteiger partial charge in [0.15, 0.2) is 23.0 Å². The van der Waals surface area contributed by atoms with Crippen molar-refractivity contribution >= 4 is 22.2 Å². The van der Waals surface area contributed by atoms with Gasteiger partial charge in [0, 0.05) is 30.0 Å². The van der Waals surface area contributed by atoms with Crippen LogP contribution in [0.15, 0.2) is 36.4 Å². The van der Waals surface area contributed by atoms with E-state index in [1.165, 1.54) is 0 Å². The van der Waals surface area contributed by atoms with E-state index in [0.717, 1.165) is 56.1 Å². The lowest BCUT2D eigenvalue weighted by molar-refractivity contribution is -0.117. The number of carbonyl (C=O) groups excluding carboxylic acids is 1. The molecule has 3 aromatic carbocycles. The Morgan fingerprint density at radius 2 is 1.69 bits per heavy atom. The number of ether oxygens (including phenoxy) is 4. The number of carbonyl (C=O) groups is 1. The number of hydrogen-bond acceptors (Lipinski definition) is 6. The summed E-state index contributed by atoms with van der Waals surface area (Å²) in [6.45, 7) is 2.07. The van der Waals surface area contributed by atoms with Crippen molar-refractivity contribution in [3.05, 3.63) is 42.0 Å². The van der Waals surface area contributed by atoms with Gasteiger partial charge in [0.05, 0.1) is 11.7 Å². The Morgan fingerprint density at radius 1 is 0.966 bits per heavy atom. The van der Waals surface area contributed by atoms with E-state index in [2.05, 4.69) is 23.1 Å². The number of Topliss-reactive ketones (excluding diaryl/α,β-unsaturated/α-hetero) is 1. The molecular formula is C23H19NO5. The van der Waals surface area contributed by atoms with Crippen LogP contribution < -0.4 is 23.8 Å². The molecule has 0 amide bonds. The Balaban J connectivity index is 1.66. The monoisotopic (exact) mass is 389 g/mol. The average molecular weight is 389 g/mol. The fourth-order valence-corrected chi connectivity index (χ4v) is 4.72. The topological polar surface area (TPSA) is 57.2 Å². The number of anilines is 1. The first-order valence-corrected chi connectivity index (χ1v) is 9.63. The fourth-order valence-electron chi connectivity index (χ4n) is 4.72. The van der Waals surface area contributed by atoms with Crippen LogP contribution >= 0.6 is 0 Å². The minimum Gasteiger partial charge on any atom is -0.454 e. The third-order valence-corrected chi connectivity index (χ3v) is 5.99. The quantitative estimate of drug-likeness (QED) is 0.646. The Hall–Kier alpha value is -3.41. The second-order valence-electron chi connectivity index (χ2n) is 7.68. The molecular weight excluding hydrogens is 370 g/mol. The molecule has 0 aliphatic carbocycles. The summed E-state index contributed by atoms with van der Waals surface area (Å²) in [5.74, 6) is 3.12. The van der Waals surface area contributed by atoms with Crippen molar-refractivity contribution in [2.75, 3.05) is 25.5 Å². The minimum absolute atomic E-state index is 0.130. The van der Waals surface area contributed by atoms with E-state index in [0.29, 0.717) is 6.42 Å². The number of nitrogens with zero attached hydrogens (tertiary/aromatic N) is 1. The summed E-state index contributed by atoms with van der Waals surface area (Å²) < 4.78 is 22.6. The van der Waals surface area contributed by atoms with Crippen molar-refractivity contribution in [1.29, 1.82) is 0 Å². The molecule has 1 atom stereocenters. The highest BCUT2D eigenvalue weighted by atomic mass is 16.7. The second-order valence-corrected chi connectivity index (χ2v) is 7.68. The third-order valence-electron chi connectivity index (χ3n) is 5.99. The molecule has 0 spiro atoms. The van der Waals surface area contributed by atoms with Crippen LogP contribution in [0.3, 0.4) is 0 Å². The number of rotatable bonds is 2. The molecule has 3 heterocycles. The smallest absolute Gasteiger partial charge is 0.231 e. The maximum atomic E-state index is 12.2. The normalized spacial score (nSPS) is 18.0. The molecule has 0 aromatic heterocycles. The molecule has 0 fully saturated rings. The van der Waals surface area contributed by atoms with Crippen LogP contribution in [0.1, 0.15) is 24.9 Å². The second kappa shape index (κ2) is 5.80. The van der Waals surface area contributed by atoms with Crippen molar-refractivity contribution in [3.8, 4) is 34.1 Å². The SMILES string of the molecule is CC(=O)C[C@@H]1c2c(ccc3c2OCO3)-c2ccc3cc4c(cc3c2N1C)OCO4. The van der Waals surface area contributed by atoms with Crippen LogP contribution in [0, 0.1) is 0 Å². The maximum Gasteiger partial charge on any atom is 0.231 e. The predicted molar refractivity (Wildman–Crippen MR) is 108 cm³/mol. The lowest BCUT2D eigenvalue weighted by Gasteiger charge is -2.38. The van der Waals surface area contributed by atoms with E-state index >= 15 is 0 Å². The van der Waals surface area contributed by atoms with E-state index in [-0.39, 0.29) is 25.4 Å². The molecule has 29 heavy (non-hydrogen) atoms. The van der Waals surface area contributed by atoms with E-state index in [9.17, 15) is 4.79 Å². The molecule has 0 unspecified atom stereocenters. The molecule has 6 heteroatoms. The lowest BCUT2D eigenvalue weighted by atomic mass is 9.84. The molecule has 0 N–H and O–H groups in total. The highest BCUT2D eigenvalue weighted by Gasteiger charge is 2.36. The van der Waals surface area contributed by atoms with Crippen LogP contribution in [0.4, 0.5) is 5.69 Å². The Kier molecular flexibility index (Phi) is 3.30. The van der Waals surface area contributed by atoms with Gasteiger partial charge in [-0.25, -0.2) is 0 Å². The summed E-state index contributed by atoms with van der Waals surface area (Å²) in [6.07, 6.45) is 0.393. The van der Waals surface area contributed by atoms with Crippen molar-refractivity contribution in [3.63, 3.8) is 0 Å². The van der Waals surface area contributed by atoms with Crippen LogP contribution in [-0.2, 0) is 4.79 Å². The van der Waals surface area contributed by atoms with Crippen LogP contribution in [0.2, 0.25) is 0 Å². The van der Waals surface area contributed by atoms with Gasteiger partial charge < -0.3 is 23.8 Å². The van der Waals surface area contributed by atoms with Gasteiger partial charge in [-0.3, -0.25) is 4.79 Å². The van der Waals surface area contributed by atoms with Gasteiger partial charge in [0.2, 0.25) is 13.6 Å². The van der Waals surface area contributed by atoms with Gasteiger partial charge in [-0.2, -0.15) is 0 Å². The van der Waals surface area contributed by atoms with Gasteiger partial charge in [-0.05, 0) is 42.1 Å². The summed E-state index contributed by atoms with van der Waals surface area (Å²) in [4.78, 5) is 14.3. The number of ketones is 1. The van der Waals surface area contributed by atoms with Crippen LogP contribution in [0.5, 0.6) is 23.0 Å². The zero-order valence-electron chi connectivity index (χ0n) is 16.2. The average Bonchev–Trinajstić information content (AvgIpc) is 3.36. The number of benzene rings is 3. The molecule has 0 radical (unpaired) electrons. The zero-order valence-corrected chi connectivity index (χ0v) is 16.2. The van der Waals surface area contributed by atoms with Crippen LogP contribution in [-0.4, -0.2) is 26.4 Å². The highest BCUT2D eigenvalue weighted by Crippen LogP contribution is 2.55. The molecule has 3 aliphatic rings. The molecule has 3 aromatic rings. The van der Waals surface area contributed by atoms with Crippen LogP contribution in [0.25, 0.3) is 21.9 Å². The maximum absolute atomic E-state index is 12.2. The highest BCUT2D eigenvalue weighted by molar-refractivity contribution is 6.06. The van der Waals surface area contributed by atoms with E-state index in [1.54, 1.807) is 6.92 Å². The Bertz CT molecular complexity index is 1200.